The SMILES string of the molecule is CCOC(=O)CC(C(Cl)CC(Cl)(Cl)Cl)[N+](C=O)(CC)C(C)C. The van der Waals surface area contributed by atoms with Crippen LogP contribution in [0.5, 0.6) is 0 Å². The molecular formula is C14H24Cl4NO3+. The third-order valence-electron chi connectivity index (χ3n) is 3.85. The molecule has 22 heavy (non-hydrogen) atoms. The monoisotopic (exact) mass is 394 g/mol. The van der Waals surface area contributed by atoms with E-state index in [4.69, 9.17) is 51.1 Å². The van der Waals surface area contributed by atoms with Gasteiger partial charge in [0.1, 0.15) is 6.04 Å². The van der Waals surface area contributed by atoms with Gasteiger partial charge in [-0.3, -0.25) is 9.28 Å². The van der Waals surface area contributed by atoms with E-state index in [-0.39, 0.29) is 30.0 Å². The fraction of sp³-hybridized carbons (Fsp3) is 0.857. The van der Waals surface area contributed by atoms with Gasteiger partial charge in [0.2, 0.25) is 0 Å². The second-order valence-corrected chi connectivity index (χ2v) is 8.50. The predicted octanol–water partition coefficient (Wildman–Crippen LogP) is 4.08. The lowest BCUT2D eigenvalue weighted by molar-refractivity contribution is -0.889. The van der Waals surface area contributed by atoms with Gasteiger partial charge in [0.05, 0.1) is 31.0 Å². The first-order valence-corrected chi connectivity index (χ1v) is 8.80. The van der Waals surface area contributed by atoms with Gasteiger partial charge in [-0.1, -0.05) is 34.8 Å². The molecule has 0 aromatic carbocycles. The van der Waals surface area contributed by atoms with Crippen molar-refractivity contribution in [3.63, 3.8) is 0 Å². The number of halogens is 4. The van der Waals surface area contributed by atoms with Gasteiger partial charge >= 0.3 is 12.4 Å². The molecule has 0 radical (unpaired) electrons. The lowest BCUT2D eigenvalue weighted by Gasteiger charge is -2.43. The van der Waals surface area contributed by atoms with E-state index in [9.17, 15) is 9.59 Å². The minimum atomic E-state index is -1.55. The van der Waals surface area contributed by atoms with Gasteiger partial charge in [0.15, 0.2) is 3.79 Å². The van der Waals surface area contributed by atoms with Crippen LogP contribution in [0.15, 0.2) is 0 Å². The second-order valence-electron chi connectivity index (χ2n) is 5.42. The van der Waals surface area contributed by atoms with Gasteiger partial charge in [-0.2, -0.15) is 0 Å². The molecule has 0 spiro atoms. The molecule has 0 aromatic heterocycles. The number of rotatable bonds is 9. The molecule has 0 saturated heterocycles. The highest BCUT2D eigenvalue weighted by atomic mass is 35.6. The molecule has 8 heteroatoms. The van der Waals surface area contributed by atoms with E-state index in [0.717, 1.165) is 6.41 Å². The molecule has 3 unspecified atom stereocenters. The molecule has 0 rings (SSSR count). The summed E-state index contributed by atoms with van der Waals surface area (Å²) in [7, 11) is 0. The summed E-state index contributed by atoms with van der Waals surface area (Å²) in [5, 5.41) is -0.663. The van der Waals surface area contributed by atoms with Crippen LogP contribution in [0.2, 0.25) is 0 Å². The van der Waals surface area contributed by atoms with Crippen LogP contribution in [0.3, 0.4) is 0 Å². The van der Waals surface area contributed by atoms with E-state index < -0.39 is 21.2 Å². The zero-order valence-corrected chi connectivity index (χ0v) is 16.3. The second kappa shape index (κ2) is 9.53. The number of nitrogens with zero attached hydrogens (tertiary/aromatic N) is 1. The third-order valence-corrected chi connectivity index (χ3v) is 4.76. The lowest BCUT2D eigenvalue weighted by Crippen LogP contribution is -2.62. The molecule has 4 nitrogen and oxygen atoms in total. The molecule has 0 heterocycles. The maximum atomic E-state index is 11.9. The van der Waals surface area contributed by atoms with Crippen molar-refractivity contribution in [3.8, 4) is 0 Å². The molecule has 0 N–H and O–H groups in total. The zero-order valence-electron chi connectivity index (χ0n) is 13.3. The number of quaternary nitrogens is 1. The van der Waals surface area contributed by atoms with Gasteiger partial charge < -0.3 is 4.74 Å². The summed E-state index contributed by atoms with van der Waals surface area (Å²) >= 11 is 23.9. The Morgan fingerprint density at radius 2 is 1.82 bits per heavy atom. The Morgan fingerprint density at radius 3 is 2.14 bits per heavy atom. The van der Waals surface area contributed by atoms with Crippen LogP contribution < -0.4 is 0 Å². The Labute approximate surface area is 152 Å². The van der Waals surface area contributed by atoms with Crippen LogP contribution >= 0.6 is 46.4 Å². The minimum Gasteiger partial charge on any atom is -0.466 e. The summed E-state index contributed by atoms with van der Waals surface area (Å²) in [6.45, 7) is 8.12. The smallest absolute Gasteiger partial charge is 0.311 e. The van der Waals surface area contributed by atoms with Crippen molar-refractivity contribution >= 4 is 58.8 Å². The highest BCUT2D eigenvalue weighted by molar-refractivity contribution is 6.67. The van der Waals surface area contributed by atoms with Crippen molar-refractivity contribution in [1.29, 1.82) is 0 Å². The Balaban J connectivity index is 5.56. The van der Waals surface area contributed by atoms with E-state index in [0.29, 0.717) is 6.54 Å². The van der Waals surface area contributed by atoms with Crippen molar-refractivity contribution in [2.24, 2.45) is 0 Å². The number of esters is 1. The predicted molar refractivity (Wildman–Crippen MR) is 91.6 cm³/mol. The third kappa shape index (κ3) is 6.40. The summed E-state index contributed by atoms with van der Waals surface area (Å²) in [4.78, 5) is 23.7. The number of carbonyl (C=O) groups excluding carboxylic acids is 2. The molecule has 1 amide bonds. The van der Waals surface area contributed by atoms with E-state index in [1.165, 1.54) is 0 Å². The quantitative estimate of drug-likeness (QED) is 0.255. The molecule has 130 valence electrons. The van der Waals surface area contributed by atoms with Crippen LogP contribution in [-0.4, -0.2) is 51.3 Å². The van der Waals surface area contributed by atoms with E-state index in [1.54, 1.807) is 6.92 Å². The standard InChI is InChI=1S/C14H24Cl4NO3/c1-5-19(9-20,10(3)4)12(7-13(21)22-6-2)11(15)8-14(16,17)18/h9-12H,5-8H2,1-4H3/q+1. The van der Waals surface area contributed by atoms with Gasteiger partial charge in [0, 0.05) is 6.42 Å². The average Bonchev–Trinajstić information content (AvgIpc) is 2.37. The molecule has 0 aliphatic rings. The maximum Gasteiger partial charge on any atom is 0.311 e. The van der Waals surface area contributed by atoms with E-state index in [1.807, 2.05) is 20.8 Å². The van der Waals surface area contributed by atoms with Crippen molar-refractivity contribution in [2.45, 2.75) is 61.8 Å². The van der Waals surface area contributed by atoms with Gasteiger partial charge in [0.25, 0.3) is 0 Å². The van der Waals surface area contributed by atoms with Gasteiger partial charge in [-0.25, -0.2) is 4.79 Å². The number of hydrogen-bond donors (Lipinski definition) is 0. The summed E-state index contributed by atoms with van der Waals surface area (Å²) in [6, 6.07) is -0.600. The number of hydrogen-bond acceptors (Lipinski definition) is 3. The lowest BCUT2D eigenvalue weighted by atomic mass is 10.0. The summed E-state index contributed by atoms with van der Waals surface area (Å²) in [6.07, 6.45) is 0.847. The van der Waals surface area contributed by atoms with Crippen molar-refractivity contribution in [3.05, 3.63) is 0 Å². The van der Waals surface area contributed by atoms with Gasteiger partial charge in [-0.15, -0.1) is 11.6 Å². The Hall–Kier alpha value is 0.260. The molecule has 0 saturated carbocycles. The van der Waals surface area contributed by atoms with E-state index in [2.05, 4.69) is 0 Å². The number of ether oxygens (including phenoxy) is 1. The minimum absolute atomic E-state index is 0.00644. The normalized spacial score (nSPS) is 17.7. The van der Waals surface area contributed by atoms with Crippen LogP contribution in [0.4, 0.5) is 0 Å². The molecule has 3 atom stereocenters. The molecule has 0 fully saturated rings. The number of amides is 1. The maximum absolute atomic E-state index is 11.9. The molecule has 0 aliphatic heterocycles. The number of alkyl halides is 4. The fourth-order valence-electron chi connectivity index (χ4n) is 2.60. The first-order chi connectivity index (χ1) is 10.0. The van der Waals surface area contributed by atoms with Gasteiger partial charge in [-0.05, 0) is 27.7 Å². The Bertz CT molecular complexity index is 374. The first kappa shape index (κ1) is 22.3. The van der Waals surface area contributed by atoms with Crippen LogP contribution in [0, 0.1) is 0 Å². The summed E-state index contributed by atoms with van der Waals surface area (Å²) in [5.74, 6) is -0.416. The van der Waals surface area contributed by atoms with E-state index >= 15 is 0 Å². The van der Waals surface area contributed by atoms with Crippen molar-refractivity contribution in [1.82, 2.24) is 0 Å². The van der Waals surface area contributed by atoms with Crippen molar-refractivity contribution < 1.29 is 18.8 Å². The topological polar surface area (TPSA) is 43.4 Å². The summed E-state index contributed by atoms with van der Waals surface area (Å²) < 4.78 is 3.45. The highest BCUT2D eigenvalue weighted by Crippen LogP contribution is 2.37. The van der Waals surface area contributed by atoms with Crippen LogP contribution in [0.25, 0.3) is 0 Å². The largest absolute Gasteiger partial charge is 0.466 e. The highest BCUT2D eigenvalue weighted by Gasteiger charge is 2.46. The summed E-state index contributed by atoms with van der Waals surface area (Å²) in [5.41, 5.74) is 0. The average molecular weight is 396 g/mol. The van der Waals surface area contributed by atoms with Crippen LogP contribution in [0.1, 0.15) is 40.5 Å². The number of carbonyl (C=O) groups is 2. The molecule has 0 bridgehead atoms. The Kier molecular flexibility index (Phi) is 9.64. The zero-order chi connectivity index (χ0) is 17.6. The molecule has 0 aromatic rings. The fourth-order valence-corrected chi connectivity index (χ4v) is 3.87. The Morgan fingerprint density at radius 1 is 1.27 bits per heavy atom. The first-order valence-electron chi connectivity index (χ1n) is 7.23. The molecular weight excluding hydrogens is 372 g/mol. The van der Waals surface area contributed by atoms with Crippen LogP contribution in [-0.2, 0) is 14.3 Å². The van der Waals surface area contributed by atoms with Crippen molar-refractivity contribution in [2.75, 3.05) is 13.2 Å². The molecule has 0 aliphatic carbocycles.